The van der Waals surface area contributed by atoms with E-state index < -0.39 is 0 Å². The summed E-state index contributed by atoms with van der Waals surface area (Å²) in [5.41, 5.74) is 8.21. The predicted octanol–water partition coefficient (Wildman–Crippen LogP) is 9.74. The molecule has 0 heterocycles. The molecule has 0 N–H and O–H groups in total. The van der Waals surface area contributed by atoms with Crippen molar-refractivity contribution in [3.05, 3.63) is 152 Å². The number of fused-ring (bicyclic) bond motifs is 1. The van der Waals surface area contributed by atoms with Crippen LogP contribution in [0.1, 0.15) is 0 Å². The minimum absolute atomic E-state index is 1.14. The van der Waals surface area contributed by atoms with Crippen LogP contribution in [0.15, 0.2) is 152 Å². The molecular weight excluding hydrogens is 448 g/mol. The molecule has 6 aromatic carbocycles. The van der Waals surface area contributed by atoms with Crippen molar-refractivity contribution in [2.75, 3.05) is 16.8 Å². The van der Waals surface area contributed by atoms with E-state index in [1.54, 1.807) is 0 Å². The van der Waals surface area contributed by atoms with Gasteiger partial charge in [0.1, 0.15) is 0 Å². The first kappa shape index (κ1) is 22.6. The number of nitrogens with zero attached hydrogens (tertiary/aromatic N) is 2. The van der Waals surface area contributed by atoms with Gasteiger partial charge in [0.05, 0.1) is 5.69 Å². The van der Waals surface area contributed by atoms with Gasteiger partial charge in [0.15, 0.2) is 0 Å². The van der Waals surface area contributed by atoms with Crippen molar-refractivity contribution in [1.82, 2.24) is 0 Å². The number of hydrogen-bond donors (Lipinski definition) is 0. The van der Waals surface area contributed by atoms with Crippen molar-refractivity contribution in [2.45, 2.75) is 0 Å². The van der Waals surface area contributed by atoms with Crippen molar-refractivity contribution < 1.29 is 0 Å². The standard InChI is InChI=1S/C35H28N2/c1-36(29-23-21-28(22-24-29)27-13-5-2-6-14-27)34-25-26-35(33-20-12-11-19-32(33)34)37(30-15-7-3-8-16-30)31-17-9-4-10-18-31/h2-26H,1H3. The molecule has 0 aromatic heterocycles. The zero-order chi connectivity index (χ0) is 25.0. The summed E-state index contributed by atoms with van der Waals surface area (Å²) in [5.74, 6) is 0. The highest BCUT2D eigenvalue weighted by Gasteiger charge is 2.17. The molecule has 0 aliphatic carbocycles. The van der Waals surface area contributed by atoms with Crippen LogP contribution in [0.3, 0.4) is 0 Å². The topological polar surface area (TPSA) is 6.48 Å². The Morgan fingerprint density at radius 1 is 0.351 bits per heavy atom. The normalized spacial score (nSPS) is 10.8. The maximum Gasteiger partial charge on any atom is 0.0541 e. The number of hydrogen-bond acceptors (Lipinski definition) is 2. The quantitative estimate of drug-likeness (QED) is 0.236. The molecule has 0 radical (unpaired) electrons. The van der Waals surface area contributed by atoms with Crippen LogP contribution in [0, 0.1) is 0 Å². The SMILES string of the molecule is CN(c1ccc(-c2ccccc2)cc1)c1ccc(N(c2ccccc2)c2ccccc2)c2ccccc12. The fraction of sp³-hybridized carbons (Fsp3) is 0.0286. The van der Waals surface area contributed by atoms with Crippen LogP contribution in [0.4, 0.5) is 28.4 Å². The van der Waals surface area contributed by atoms with Crippen molar-refractivity contribution >= 4 is 39.2 Å². The summed E-state index contributed by atoms with van der Waals surface area (Å²) in [6, 6.07) is 53.6. The number of anilines is 5. The third-order valence-corrected chi connectivity index (χ3v) is 6.87. The van der Waals surface area contributed by atoms with E-state index in [1.807, 2.05) is 0 Å². The highest BCUT2D eigenvalue weighted by atomic mass is 15.1. The van der Waals surface area contributed by atoms with E-state index in [1.165, 1.54) is 27.6 Å². The molecule has 0 saturated carbocycles. The summed E-state index contributed by atoms with van der Waals surface area (Å²) in [4.78, 5) is 4.61. The van der Waals surface area contributed by atoms with Crippen molar-refractivity contribution in [3.8, 4) is 11.1 Å². The van der Waals surface area contributed by atoms with Gasteiger partial charge >= 0.3 is 0 Å². The second-order valence-corrected chi connectivity index (χ2v) is 9.13. The lowest BCUT2D eigenvalue weighted by Crippen LogP contribution is -2.13. The Kier molecular flexibility index (Phi) is 6.14. The van der Waals surface area contributed by atoms with Gasteiger partial charge < -0.3 is 9.80 Å². The second kappa shape index (κ2) is 10.0. The molecule has 0 amide bonds. The number of rotatable bonds is 6. The molecule has 6 rings (SSSR count). The number of benzene rings is 6. The Morgan fingerprint density at radius 3 is 1.35 bits per heavy atom. The molecule has 0 unspecified atom stereocenters. The average molecular weight is 477 g/mol. The van der Waals surface area contributed by atoms with Gasteiger partial charge in [-0.05, 0) is 59.7 Å². The lowest BCUT2D eigenvalue weighted by Gasteiger charge is -2.29. The molecule has 0 aliphatic rings. The summed E-state index contributed by atoms with van der Waals surface area (Å²) in [6.07, 6.45) is 0. The van der Waals surface area contributed by atoms with Gasteiger partial charge in [-0.2, -0.15) is 0 Å². The largest absolute Gasteiger partial charge is 0.344 e. The van der Waals surface area contributed by atoms with Gasteiger partial charge in [-0.25, -0.2) is 0 Å². The van der Waals surface area contributed by atoms with Crippen molar-refractivity contribution in [1.29, 1.82) is 0 Å². The van der Waals surface area contributed by atoms with E-state index in [0.717, 1.165) is 22.7 Å². The third-order valence-electron chi connectivity index (χ3n) is 6.87. The summed E-state index contributed by atoms with van der Waals surface area (Å²) in [7, 11) is 2.14. The maximum atomic E-state index is 2.33. The Hall–Kier alpha value is -4.82. The first-order valence-corrected chi connectivity index (χ1v) is 12.6. The molecule has 2 nitrogen and oxygen atoms in total. The first-order valence-electron chi connectivity index (χ1n) is 12.6. The number of para-hydroxylation sites is 2. The monoisotopic (exact) mass is 476 g/mol. The smallest absolute Gasteiger partial charge is 0.0541 e. The summed E-state index contributed by atoms with van der Waals surface area (Å²) in [6.45, 7) is 0. The van der Waals surface area contributed by atoms with Crippen molar-refractivity contribution in [3.63, 3.8) is 0 Å². The zero-order valence-electron chi connectivity index (χ0n) is 20.8. The lowest BCUT2D eigenvalue weighted by molar-refractivity contribution is 1.22. The van der Waals surface area contributed by atoms with Crippen LogP contribution in [-0.2, 0) is 0 Å². The molecular formula is C35H28N2. The van der Waals surface area contributed by atoms with Crippen LogP contribution in [0.5, 0.6) is 0 Å². The average Bonchev–Trinajstić information content (AvgIpc) is 2.99. The molecule has 0 bridgehead atoms. The van der Waals surface area contributed by atoms with Crippen LogP contribution < -0.4 is 9.80 Å². The van der Waals surface area contributed by atoms with Gasteiger partial charge in [-0.3, -0.25) is 0 Å². The molecule has 0 atom stereocenters. The first-order chi connectivity index (χ1) is 18.3. The fourth-order valence-electron chi connectivity index (χ4n) is 4.98. The van der Waals surface area contributed by atoms with Crippen LogP contribution >= 0.6 is 0 Å². The van der Waals surface area contributed by atoms with E-state index in [0.29, 0.717) is 0 Å². The van der Waals surface area contributed by atoms with Gasteiger partial charge in [-0.15, -0.1) is 0 Å². The molecule has 37 heavy (non-hydrogen) atoms. The highest BCUT2D eigenvalue weighted by molar-refractivity contribution is 6.06. The van der Waals surface area contributed by atoms with E-state index in [4.69, 9.17) is 0 Å². The van der Waals surface area contributed by atoms with Crippen LogP contribution in [-0.4, -0.2) is 7.05 Å². The fourth-order valence-corrected chi connectivity index (χ4v) is 4.98. The molecule has 2 heteroatoms. The van der Waals surface area contributed by atoms with Crippen LogP contribution in [0.2, 0.25) is 0 Å². The molecule has 0 spiro atoms. The zero-order valence-corrected chi connectivity index (χ0v) is 20.8. The van der Waals surface area contributed by atoms with Gasteiger partial charge in [0.25, 0.3) is 0 Å². The Morgan fingerprint density at radius 2 is 0.784 bits per heavy atom. The Bertz CT molecular complexity index is 1570. The Labute approximate surface area is 218 Å². The van der Waals surface area contributed by atoms with E-state index in [2.05, 4.69) is 169 Å². The molecule has 6 aromatic rings. The van der Waals surface area contributed by atoms with Gasteiger partial charge in [0, 0.05) is 40.6 Å². The van der Waals surface area contributed by atoms with Gasteiger partial charge in [0.2, 0.25) is 0 Å². The summed E-state index contributed by atoms with van der Waals surface area (Å²) >= 11 is 0. The Balaban J connectivity index is 1.44. The van der Waals surface area contributed by atoms with E-state index >= 15 is 0 Å². The predicted molar refractivity (Wildman–Crippen MR) is 159 cm³/mol. The van der Waals surface area contributed by atoms with Gasteiger partial charge in [-0.1, -0.05) is 103 Å². The van der Waals surface area contributed by atoms with E-state index in [9.17, 15) is 0 Å². The van der Waals surface area contributed by atoms with Crippen LogP contribution in [0.25, 0.3) is 21.9 Å². The van der Waals surface area contributed by atoms with E-state index in [-0.39, 0.29) is 0 Å². The highest BCUT2D eigenvalue weighted by Crippen LogP contribution is 2.42. The second-order valence-electron chi connectivity index (χ2n) is 9.13. The maximum absolute atomic E-state index is 2.33. The lowest BCUT2D eigenvalue weighted by atomic mass is 10.0. The summed E-state index contributed by atoms with van der Waals surface area (Å²) < 4.78 is 0. The minimum atomic E-state index is 1.14. The molecule has 0 aliphatic heterocycles. The summed E-state index contributed by atoms with van der Waals surface area (Å²) in [5, 5.41) is 2.42. The van der Waals surface area contributed by atoms with Crippen molar-refractivity contribution in [2.24, 2.45) is 0 Å². The molecule has 0 saturated heterocycles. The minimum Gasteiger partial charge on any atom is -0.344 e. The third kappa shape index (κ3) is 4.46. The molecule has 0 fully saturated rings. The molecule has 178 valence electrons.